The first-order valence-corrected chi connectivity index (χ1v) is 6.64. The van der Waals surface area contributed by atoms with Gasteiger partial charge in [0.15, 0.2) is 5.16 Å². The molecule has 18 heavy (non-hydrogen) atoms. The van der Waals surface area contributed by atoms with Crippen molar-refractivity contribution in [2.24, 2.45) is 0 Å². The van der Waals surface area contributed by atoms with Gasteiger partial charge in [-0.1, -0.05) is 0 Å². The molecule has 4 nitrogen and oxygen atoms in total. The molecule has 0 bridgehead atoms. The van der Waals surface area contributed by atoms with Gasteiger partial charge in [-0.15, -0.1) is 0 Å². The Morgan fingerprint density at radius 1 is 1.33 bits per heavy atom. The van der Waals surface area contributed by atoms with E-state index in [1.807, 2.05) is 0 Å². The molecule has 1 N–H and O–H groups in total. The van der Waals surface area contributed by atoms with Gasteiger partial charge in [0.05, 0.1) is 10.5 Å². The van der Waals surface area contributed by atoms with Crippen LogP contribution in [0.2, 0.25) is 0 Å². The summed E-state index contributed by atoms with van der Waals surface area (Å²) in [5.74, 6) is -1.59. The zero-order valence-electron chi connectivity index (χ0n) is 8.80. The highest BCUT2D eigenvalue weighted by molar-refractivity contribution is 14.1. The number of aromatic carboxylic acids is 1. The van der Waals surface area contributed by atoms with E-state index in [1.54, 1.807) is 12.4 Å². The van der Waals surface area contributed by atoms with Crippen LogP contribution in [-0.2, 0) is 0 Å². The highest BCUT2D eigenvalue weighted by Gasteiger charge is 2.10. The van der Waals surface area contributed by atoms with Gasteiger partial charge in [-0.05, 0) is 52.6 Å². The number of carboxylic acid groups (broad SMARTS) is 1. The molecule has 0 saturated carbocycles. The third-order valence-corrected chi connectivity index (χ3v) is 3.46. The Hall–Kier alpha value is -1.22. The van der Waals surface area contributed by atoms with Gasteiger partial charge in [0, 0.05) is 16.0 Å². The van der Waals surface area contributed by atoms with Crippen LogP contribution in [0.25, 0.3) is 0 Å². The van der Waals surface area contributed by atoms with E-state index < -0.39 is 11.8 Å². The quantitative estimate of drug-likeness (QED) is 0.659. The average molecular weight is 376 g/mol. The molecule has 0 unspecified atom stereocenters. The topological polar surface area (TPSA) is 63.1 Å². The second-order valence-corrected chi connectivity index (χ2v) is 5.49. The maximum atomic E-state index is 13.5. The molecule has 0 atom stereocenters. The minimum absolute atomic E-state index is 0.0319. The van der Waals surface area contributed by atoms with E-state index in [-0.39, 0.29) is 10.5 Å². The fourth-order valence-electron chi connectivity index (χ4n) is 1.17. The molecule has 0 aliphatic heterocycles. The van der Waals surface area contributed by atoms with E-state index in [0.29, 0.717) is 5.16 Å². The highest BCUT2D eigenvalue weighted by Crippen LogP contribution is 2.28. The lowest BCUT2D eigenvalue weighted by molar-refractivity contribution is 0.0696. The lowest BCUT2D eigenvalue weighted by atomic mass is 10.2. The van der Waals surface area contributed by atoms with Crippen LogP contribution >= 0.6 is 34.4 Å². The zero-order valence-corrected chi connectivity index (χ0v) is 11.8. The number of carboxylic acids is 1. The van der Waals surface area contributed by atoms with Crippen LogP contribution in [0.3, 0.4) is 0 Å². The Bertz CT molecular complexity index is 592. The van der Waals surface area contributed by atoms with Gasteiger partial charge in [-0.2, -0.15) is 0 Å². The van der Waals surface area contributed by atoms with Crippen molar-refractivity contribution in [1.29, 1.82) is 0 Å². The number of aromatic nitrogens is 2. The maximum absolute atomic E-state index is 13.5. The van der Waals surface area contributed by atoms with Crippen molar-refractivity contribution in [3.05, 3.63) is 45.5 Å². The van der Waals surface area contributed by atoms with Crippen molar-refractivity contribution < 1.29 is 14.3 Å². The number of carbonyl (C=O) groups is 1. The molecule has 0 radical (unpaired) electrons. The molecule has 2 rings (SSSR count). The van der Waals surface area contributed by atoms with E-state index in [1.165, 1.54) is 12.1 Å². The molecule has 7 heteroatoms. The lowest BCUT2D eigenvalue weighted by Gasteiger charge is -2.03. The normalized spacial score (nSPS) is 10.3. The second kappa shape index (κ2) is 5.61. The molecule has 92 valence electrons. The lowest BCUT2D eigenvalue weighted by Crippen LogP contribution is -1.97. The summed E-state index contributed by atoms with van der Waals surface area (Å²) in [5.41, 5.74) is 0.0319. The Morgan fingerprint density at radius 2 is 2.00 bits per heavy atom. The minimum Gasteiger partial charge on any atom is -0.478 e. The molecule has 1 aromatic heterocycles. The van der Waals surface area contributed by atoms with E-state index in [9.17, 15) is 9.18 Å². The van der Waals surface area contributed by atoms with Crippen LogP contribution < -0.4 is 0 Å². The first kappa shape index (κ1) is 13.2. The first-order valence-electron chi connectivity index (χ1n) is 4.74. The minimum atomic E-state index is -1.10. The van der Waals surface area contributed by atoms with Crippen molar-refractivity contribution in [2.75, 3.05) is 0 Å². The Morgan fingerprint density at radius 3 is 2.61 bits per heavy atom. The molecule has 0 spiro atoms. The smallest absolute Gasteiger partial charge is 0.335 e. The monoisotopic (exact) mass is 376 g/mol. The van der Waals surface area contributed by atoms with Crippen molar-refractivity contribution in [1.82, 2.24) is 9.97 Å². The number of rotatable bonds is 3. The standard InChI is InChI=1S/C11H6FIN2O2S/c12-8-2-1-6(10(16)17)3-9(8)18-11-14-4-7(13)5-15-11/h1-5H,(H,16,17). The zero-order chi connectivity index (χ0) is 13.1. The van der Waals surface area contributed by atoms with Gasteiger partial charge >= 0.3 is 5.97 Å². The molecular weight excluding hydrogens is 370 g/mol. The average Bonchev–Trinajstić information content (AvgIpc) is 2.34. The van der Waals surface area contributed by atoms with Crippen LogP contribution in [0.5, 0.6) is 0 Å². The second-order valence-electron chi connectivity index (χ2n) is 3.24. The summed E-state index contributed by atoms with van der Waals surface area (Å²) in [7, 11) is 0. The number of hydrogen-bond donors (Lipinski definition) is 1. The van der Waals surface area contributed by atoms with Gasteiger partial charge in [0.25, 0.3) is 0 Å². The molecule has 0 amide bonds. The third-order valence-electron chi connectivity index (χ3n) is 1.98. The van der Waals surface area contributed by atoms with Crippen molar-refractivity contribution in [3.8, 4) is 0 Å². The van der Waals surface area contributed by atoms with Crippen LogP contribution in [-0.4, -0.2) is 21.0 Å². The molecule has 0 saturated heterocycles. The highest BCUT2D eigenvalue weighted by atomic mass is 127. The van der Waals surface area contributed by atoms with E-state index >= 15 is 0 Å². The third kappa shape index (κ3) is 3.16. The van der Waals surface area contributed by atoms with Gasteiger partial charge in [-0.25, -0.2) is 19.2 Å². The number of benzene rings is 1. The summed E-state index contributed by atoms with van der Waals surface area (Å²) < 4.78 is 14.4. The van der Waals surface area contributed by atoms with E-state index in [2.05, 4.69) is 32.6 Å². The van der Waals surface area contributed by atoms with Crippen LogP contribution in [0.15, 0.2) is 40.6 Å². The molecule has 0 fully saturated rings. The summed E-state index contributed by atoms with van der Waals surface area (Å²) >= 11 is 3.05. The fourth-order valence-corrected chi connectivity index (χ4v) is 2.20. The van der Waals surface area contributed by atoms with Crippen LogP contribution in [0.4, 0.5) is 4.39 Å². The largest absolute Gasteiger partial charge is 0.478 e. The molecule has 1 heterocycles. The summed E-state index contributed by atoms with van der Waals surface area (Å²) in [6, 6.07) is 3.61. The Kier molecular flexibility index (Phi) is 4.12. The summed E-state index contributed by atoms with van der Waals surface area (Å²) in [6.07, 6.45) is 3.21. The first-order chi connectivity index (χ1) is 8.56. The molecule has 2 aromatic rings. The van der Waals surface area contributed by atoms with E-state index in [4.69, 9.17) is 5.11 Å². The number of hydrogen-bond acceptors (Lipinski definition) is 4. The Labute approximate surface area is 120 Å². The van der Waals surface area contributed by atoms with Crippen LogP contribution in [0, 0.1) is 9.39 Å². The summed E-state index contributed by atoms with van der Waals surface area (Å²) in [6.45, 7) is 0. The fraction of sp³-hybridized carbons (Fsp3) is 0. The van der Waals surface area contributed by atoms with E-state index in [0.717, 1.165) is 21.4 Å². The molecule has 1 aromatic carbocycles. The predicted octanol–water partition coefficient (Wildman–Crippen LogP) is 3.07. The van der Waals surface area contributed by atoms with Crippen molar-refractivity contribution in [2.45, 2.75) is 10.1 Å². The molecular formula is C11H6FIN2O2S. The molecule has 0 aliphatic carbocycles. The number of halogens is 2. The summed E-state index contributed by atoms with van der Waals surface area (Å²) in [5, 5.41) is 9.21. The van der Waals surface area contributed by atoms with Crippen molar-refractivity contribution in [3.63, 3.8) is 0 Å². The van der Waals surface area contributed by atoms with Gasteiger partial charge in [-0.3, -0.25) is 0 Å². The molecule has 0 aliphatic rings. The van der Waals surface area contributed by atoms with Crippen LogP contribution in [0.1, 0.15) is 10.4 Å². The number of nitrogens with zero attached hydrogens (tertiary/aromatic N) is 2. The summed E-state index contributed by atoms with van der Waals surface area (Å²) in [4.78, 5) is 19.0. The van der Waals surface area contributed by atoms with Gasteiger partial charge in [0.1, 0.15) is 5.82 Å². The van der Waals surface area contributed by atoms with Gasteiger partial charge in [0.2, 0.25) is 0 Å². The SMILES string of the molecule is O=C(O)c1ccc(F)c(Sc2ncc(I)cn2)c1. The Balaban J connectivity index is 2.30. The van der Waals surface area contributed by atoms with Crippen molar-refractivity contribution >= 4 is 40.3 Å². The predicted molar refractivity (Wildman–Crippen MR) is 72.2 cm³/mol. The maximum Gasteiger partial charge on any atom is 0.335 e. The van der Waals surface area contributed by atoms with Gasteiger partial charge < -0.3 is 5.11 Å².